The van der Waals surface area contributed by atoms with Crippen LogP contribution in [0.3, 0.4) is 0 Å². The van der Waals surface area contributed by atoms with Gasteiger partial charge in [0.1, 0.15) is 5.76 Å². The van der Waals surface area contributed by atoms with Crippen LogP contribution in [0, 0.1) is 29.6 Å². The molecule has 35 heavy (non-hydrogen) atoms. The molecule has 1 fully saturated rings. The predicted octanol–water partition coefficient (Wildman–Crippen LogP) is 5.13. The Balaban J connectivity index is 1.83. The van der Waals surface area contributed by atoms with Gasteiger partial charge in [-0.25, -0.2) is 0 Å². The van der Waals surface area contributed by atoms with Crippen molar-refractivity contribution in [2.45, 2.75) is 98.2 Å². The summed E-state index contributed by atoms with van der Waals surface area (Å²) in [5.74, 6) is -2.16. The van der Waals surface area contributed by atoms with Gasteiger partial charge in [0.15, 0.2) is 5.76 Å². The molecule has 0 amide bonds. The molecule has 3 aliphatic heterocycles. The van der Waals surface area contributed by atoms with E-state index in [1.807, 2.05) is 20.8 Å². The highest BCUT2D eigenvalue weighted by molar-refractivity contribution is 6.10. The molecular weight excluding hydrogens is 445 g/mol. The van der Waals surface area contributed by atoms with Crippen LogP contribution >= 0.6 is 0 Å². The van der Waals surface area contributed by atoms with E-state index in [4.69, 9.17) is 9.47 Å². The SMILES string of the molecule is C/C1=C\[C@H](C)CC[C@H]2O[C@@H](C3=C(O)C(=O)C([13CH3])=C4O[C@](O)(C=C43)[C@H](C)C[C@H](C)C1)[C@H](C)[C@@H](O)[C@H]2C. The third-order valence-corrected chi connectivity index (χ3v) is 8.66. The summed E-state index contributed by atoms with van der Waals surface area (Å²) in [6.45, 7) is 14.0. The zero-order chi connectivity index (χ0) is 25.8. The van der Waals surface area contributed by atoms with E-state index in [-0.39, 0.29) is 35.2 Å². The van der Waals surface area contributed by atoms with Gasteiger partial charge in [0.25, 0.3) is 0 Å². The number of Topliss-reactive ketones (excluding diaryl/α,β-unsaturated/α-hetero) is 1. The first-order chi connectivity index (χ1) is 16.3. The van der Waals surface area contributed by atoms with Crippen molar-refractivity contribution in [3.05, 3.63) is 46.0 Å². The van der Waals surface area contributed by atoms with Gasteiger partial charge in [0.05, 0.1) is 18.3 Å². The maximum Gasteiger partial charge on any atom is 0.231 e. The van der Waals surface area contributed by atoms with E-state index < -0.39 is 23.8 Å². The molecule has 194 valence electrons. The first kappa shape index (κ1) is 26.2. The molecule has 4 rings (SSSR count). The maximum absolute atomic E-state index is 13.0. The van der Waals surface area contributed by atoms with Crippen molar-refractivity contribution >= 4 is 5.78 Å². The molecule has 3 heterocycles. The van der Waals surface area contributed by atoms with Gasteiger partial charge >= 0.3 is 0 Å². The molecule has 1 saturated heterocycles. The number of allylic oxidation sites excluding steroid dienone is 4. The summed E-state index contributed by atoms with van der Waals surface area (Å²) < 4.78 is 12.7. The lowest BCUT2D eigenvalue weighted by Crippen LogP contribution is -2.50. The molecule has 4 aliphatic rings. The van der Waals surface area contributed by atoms with Gasteiger partial charge in [-0.2, -0.15) is 0 Å². The van der Waals surface area contributed by atoms with Crippen LogP contribution < -0.4 is 0 Å². The number of carbonyl (C=O) groups excluding carboxylic acids is 1. The molecular formula is C29H42O6. The van der Waals surface area contributed by atoms with Gasteiger partial charge in [-0.1, -0.05) is 46.3 Å². The van der Waals surface area contributed by atoms with Crippen LogP contribution in [0.25, 0.3) is 0 Å². The molecule has 0 saturated carbocycles. The van der Waals surface area contributed by atoms with Gasteiger partial charge < -0.3 is 24.8 Å². The fourth-order valence-electron chi connectivity index (χ4n) is 6.51. The summed E-state index contributed by atoms with van der Waals surface area (Å²) in [6.07, 6.45) is 5.76. The lowest BCUT2D eigenvalue weighted by Gasteiger charge is -2.44. The minimum Gasteiger partial charge on any atom is -0.504 e. The third-order valence-electron chi connectivity index (χ3n) is 8.66. The van der Waals surface area contributed by atoms with Crippen molar-refractivity contribution in [3.8, 4) is 0 Å². The molecule has 6 nitrogen and oxygen atoms in total. The fourth-order valence-corrected chi connectivity index (χ4v) is 6.51. The predicted molar refractivity (Wildman–Crippen MR) is 134 cm³/mol. The number of aliphatic hydroxyl groups is 3. The van der Waals surface area contributed by atoms with E-state index in [2.05, 4.69) is 26.8 Å². The van der Waals surface area contributed by atoms with Crippen molar-refractivity contribution < 1.29 is 29.6 Å². The quantitative estimate of drug-likeness (QED) is 0.324. The molecule has 0 radical (unpaired) electrons. The molecule has 0 aromatic carbocycles. The highest BCUT2D eigenvalue weighted by atomic mass is 16.6. The summed E-state index contributed by atoms with van der Waals surface area (Å²) in [5, 5.41) is 33.8. The molecule has 9 atom stereocenters. The number of aliphatic hydroxyl groups excluding tert-OH is 2. The number of hydrogen-bond donors (Lipinski definition) is 3. The molecule has 0 unspecified atom stereocenters. The summed E-state index contributed by atoms with van der Waals surface area (Å²) in [4.78, 5) is 13.0. The second-order valence-electron chi connectivity index (χ2n) is 11.8. The molecule has 3 N–H and O–H groups in total. The zero-order valence-electron chi connectivity index (χ0n) is 22.2. The minimum atomic E-state index is -1.60. The Morgan fingerprint density at radius 2 is 1.74 bits per heavy atom. The number of ether oxygens (including phenoxy) is 2. The average molecular weight is 488 g/mol. The van der Waals surface area contributed by atoms with Gasteiger partial charge in [-0.3, -0.25) is 4.79 Å². The lowest BCUT2D eigenvalue weighted by molar-refractivity contribution is -0.164. The molecule has 0 aromatic rings. The topological polar surface area (TPSA) is 96.2 Å². The van der Waals surface area contributed by atoms with E-state index in [1.54, 1.807) is 13.0 Å². The van der Waals surface area contributed by atoms with Crippen LogP contribution in [-0.2, 0) is 14.3 Å². The minimum absolute atomic E-state index is 0.0815. The van der Waals surface area contributed by atoms with Crippen LogP contribution in [0.15, 0.2) is 46.0 Å². The molecule has 0 aromatic heterocycles. The van der Waals surface area contributed by atoms with Crippen LogP contribution in [0.1, 0.15) is 74.1 Å². The monoisotopic (exact) mass is 487 g/mol. The molecule has 1 aliphatic carbocycles. The second kappa shape index (κ2) is 9.53. The first-order valence-corrected chi connectivity index (χ1v) is 13.2. The number of ketones is 1. The zero-order valence-corrected chi connectivity index (χ0v) is 22.2. The standard InChI is InChI=1S/C29H42O6/c1-14-8-9-22-18(5)24(30)19(6)28(34-22)23-21-13-29(33,17(4)12-16(3)11-15(2)10-14)35-27(21)20(7)25(31)26(23)32/h10,13-14,16-19,22,24,28,30,32-33H,8-9,11-12H2,1-7H3/b15-10+/t14-,16-,17-,18+,19-,22-,24+,28-,29-/m1/s1/i7+1. The van der Waals surface area contributed by atoms with Crippen molar-refractivity contribution in [2.75, 3.05) is 0 Å². The molecule has 4 bridgehead atoms. The summed E-state index contributed by atoms with van der Waals surface area (Å²) in [7, 11) is 0. The lowest BCUT2D eigenvalue weighted by atomic mass is 9.75. The number of carbonyl (C=O) groups is 1. The molecule has 6 heteroatoms. The van der Waals surface area contributed by atoms with Crippen LogP contribution in [-0.4, -0.2) is 45.2 Å². The van der Waals surface area contributed by atoms with Gasteiger partial charge in [0, 0.05) is 34.5 Å². The van der Waals surface area contributed by atoms with Crippen LogP contribution in [0.5, 0.6) is 0 Å². The van der Waals surface area contributed by atoms with Crippen molar-refractivity contribution in [1.82, 2.24) is 0 Å². The van der Waals surface area contributed by atoms with Crippen molar-refractivity contribution in [1.29, 1.82) is 0 Å². The van der Waals surface area contributed by atoms with E-state index in [1.165, 1.54) is 5.57 Å². The van der Waals surface area contributed by atoms with E-state index in [0.717, 1.165) is 25.7 Å². The largest absolute Gasteiger partial charge is 0.504 e. The average Bonchev–Trinajstić information content (AvgIpc) is 3.14. The second-order valence-corrected chi connectivity index (χ2v) is 11.8. The Kier molecular flexibility index (Phi) is 7.13. The number of fused-ring (bicyclic) bond motifs is 4. The Labute approximate surface area is 209 Å². The third kappa shape index (κ3) is 4.65. The normalized spacial score (nSPS) is 44.5. The number of rotatable bonds is 0. The number of hydrogen-bond acceptors (Lipinski definition) is 6. The van der Waals surface area contributed by atoms with Crippen LogP contribution in [0.4, 0.5) is 0 Å². The maximum atomic E-state index is 13.0. The fraction of sp³-hybridized carbons (Fsp3) is 0.690. The van der Waals surface area contributed by atoms with E-state index >= 15 is 0 Å². The summed E-state index contributed by atoms with van der Waals surface area (Å²) >= 11 is 0. The highest BCUT2D eigenvalue weighted by Crippen LogP contribution is 2.49. The van der Waals surface area contributed by atoms with Crippen molar-refractivity contribution in [2.24, 2.45) is 29.6 Å². The Bertz CT molecular complexity index is 1000. The smallest absolute Gasteiger partial charge is 0.231 e. The summed E-state index contributed by atoms with van der Waals surface area (Å²) in [6, 6.07) is 0. The van der Waals surface area contributed by atoms with Gasteiger partial charge in [0.2, 0.25) is 11.6 Å². The highest BCUT2D eigenvalue weighted by Gasteiger charge is 2.51. The van der Waals surface area contributed by atoms with Crippen LogP contribution in [0.2, 0.25) is 0 Å². The van der Waals surface area contributed by atoms with Gasteiger partial charge in [-0.05, 0) is 57.4 Å². The Morgan fingerprint density at radius 1 is 1.06 bits per heavy atom. The van der Waals surface area contributed by atoms with E-state index in [9.17, 15) is 20.1 Å². The summed E-state index contributed by atoms with van der Waals surface area (Å²) in [5.41, 5.74) is 2.44. The first-order valence-electron chi connectivity index (χ1n) is 13.2. The Morgan fingerprint density at radius 3 is 2.43 bits per heavy atom. The van der Waals surface area contributed by atoms with E-state index in [0.29, 0.717) is 28.7 Å². The van der Waals surface area contributed by atoms with Gasteiger partial charge in [-0.15, -0.1) is 0 Å². The van der Waals surface area contributed by atoms with Crippen molar-refractivity contribution in [3.63, 3.8) is 0 Å². The Hall–Kier alpha value is -1.89. The molecule has 0 spiro atoms.